The number of nitrogens with zero attached hydrogens (tertiary/aromatic N) is 1. The van der Waals surface area contributed by atoms with Crippen LogP contribution in [0.4, 0.5) is 11.4 Å². The van der Waals surface area contributed by atoms with E-state index in [4.69, 9.17) is 0 Å². The Morgan fingerprint density at radius 2 is 1.74 bits per heavy atom. The van der Waals surface area contributed by atoms with Gasteiger partial charge in [-0.05, 0) is 50.1 Å². The van der Waals surface area contributed by atoms with Gasteiger partial charge < -0.3 is 5.32 Å². The number of rotatable bonds is 3. The SMILES string of the molecule is Cc1cccc(NC2CC(=O)N(c3ccc(C)cc3C)C2=O)c1. The first-order valence-electron chi connectivity index (χ1n) is 7.73. The number of anilines is 2. The van der Waals surface area contributed by atoms with Gasteiger partial charge in [0, 0.05) is 5.69 Å². The van der Waals surface area contributed by atoms with Gasteiger partial charge in [-0.15, -0.1) is 0 Å². The van der Waals surface area contributed by atoms with Crippen molar-refractivity contribution in [3.63, 3.8) is 0 Å². The van der Waals surface area contributed by atoms with Gasteiger partial charge in [0.15, 0.2) is 0 Å². The van der Waals surface area contributed by atoms with Crippen molar-refractivity contribution in [1.29, 1.82) is 0 Å². The minimum Gasteiger partial charge on any atom is -0.373 e. The second-order valence-electron chi connectivity index (χ2n) is 6.13. The second-order valence-corrected chi connectivity index (χ2v) is 6.13. The number of imide groups is 1. The fraction of sp³-hybridized carbons (Fsp3) is 0.263. The molecule has 0 aliphatic carbocycles. The van der Waals surface area contributed by atoms with Gasteiger partial charge in [0.25, 0.3) is 5.91 Å². The number of hydrogen-bond donors (Lipinski definition) is 1. The summed E-state index contributed by atoms with van der Waals surface area (Å²) in [6.07, 6.45) is 0.181. The maximum Gasteiger partial charge on any atom is 0.256 e. The molecule has 3 rings (SSSR count). The van der Waals surface area contributed by atoms with Gasteiger partial charge in [0.2, 0.25) is 5.91 Å². The van der Waals surface area contributed by atoms with Crippen molar-refractivity contribution in [3.05, 3.63) is 59.2 Å². The van der Waals surface area contributed by atoms with Crippen LogP contribution >= 0.6 is 0 Å². The molecule has 1 fully saturated rings. The minimum atomic E-state index is -0.509. The molecule has 1 unspecified atom stereocenters. The topological polar surface area (TPSA) is 49.4 Å². The highest BCUT2D eigenvalue weighted by Crippen LogP contribution is 2.28. The lowest BCUT2D eigenvalue weighted by Crippen LogP contribution is -2.35. The van der Waals surface area contributed by atoms with Crippen molar-refractivity contribution in [1.82, 2.24) is 0 Å². The normalized spacial score (nSPS) is 17.7. The van der Waals surface area contributed by atoms with Crippen LogP contribution < -0.4 is 10.2 Å². The van der Waals surface area contributed by atoms with E-state index in [9.17, 15) is 9.59 Å². The quantitative estimate of drug-likeness (QED) is 0.885. The molecule has 1 aliphatic heterocycles. The van der Waals surface area contributed by atoms with Crippen LogP contribution in [0.1, 0.15) is 23.1 Å². The largest absolute Gasteiger partial charge is 0.373 e. The number of nitrogens with one attached hydrogen (secondary N) is 1. The van der Waals surface area contributed by atoms with Crippen molar-refractivity contribution >= 4 is 23.2 Å². The highest BCUT2D eigenvalue weighted by Gasteiger charge is 2.40. The lowest BCUT2D eigenvalue weighted by atomic mass is 10.1. The Bertz CT molecular complexity index is 783. The molecule has 0 aromatic heterocycles. The number of carbonyl (C=O) groups excluding carboxylic acids is 2. The van der Waals surface area contributed by atoms with E-state index in [1.807, 2.05) is 63.2 Å². The summed E-state index contributed by atoms with van der Waals surface area (Å²) in [5, 5.41) is 3.18. The van der Waals surface area contributed by atoms with Crippen LogP contribution in [-0.2, 0) is 9.59 Å². The average Bonchev–Trinajstić information content (AvgIpc) is 2.74. The highest BCUT2D eigenvalue weighted by atomic mass is 16.2. The van der Waals surface area contributed by atoms with Crippen LogP contribution in [-0.4, -0.2) is 17.9 Å². The van der Waals surface area contributed by atoms with Crippen LogP contribution in [0.3, 0.4) is 0 Å². The zero-order valence-corrected chi connectivity index (χ0v) is 13.6. The number of benzene rings is 2. The van der Waals surface area contributed by atoms with E-state index >= 15 is 0 Å². The molecule has 23 heavy (non-hydrogen) atoms. The molecule has 0 bridgehead atoms. The minimum absolute atomic E-state index is 0.160. The lowest BCUT2D eigenvalue weighted by molar-refractivity contribution is -0.121. The Hall–Kier alpha value is -2.62. The molecule has 118 valence electrons. The number of hydrogen-bond acceptors (Lipinski definition) is 3. The molecule has 1 aliphatic rings. The molecule has 4 nitrogen and oxygen atoms in total. The Morgan fingerprint density at radius 1 is 1.00 bits per heavy atom. The second kappa shape index (κ2) is 5.88. The molecular formula is C19H20N2O2. The summed E-state index contributed by atoms with van der Waals surface area (Å²) in [4.78, 5) is 26.3. The summed E-state index contributed by atoms with van der Waals surface area (Å²) < 4.78 is 0. The Balaban J connectivity index is 1.85. The molecule has 2 aromatic rings. The fourth-order valence-corrected chi connectivity index (χ4v) is 2.99. The van der Waals surface area contributed by atoms with Gasteiger partial charge in [0.05, 0.1) is 12.1 Å². The summed E-state index contributed by atoms with van der Waals surface area (Å²) in [6, 6.07) is 13.0. The van der Waals surface area contributed by atoms with Gasteiger partial charge in [0.1, 0.15) is 6.04 Å². The zero-order valence-electron chi connectivity index (χ0n) is 13.6. The molecule has 1 N–H and O–H groups in total. The van der Waals surface area contributed by atoms with E-state index in [0.717, 1.165) is 22.4 Å². The standard InChI is InChI=1S/C19H20N2O2/c1-12-5-4-6-15(10-12)20-16-11-18(22)21(19(16)23)17-8-7-13(2)9-14(17)3/h4-10,16,20H,11H2,1-3H3. The first-order valence-corrected chi connectivity index (χ1v) is 7.73. The fourth-order valence-electron chi connectivity index (χ4n) is 2.99. The predicted molar refractivity (Wildman–Crippen MR) is 91.6 cm³/mol. The highest BCUT2D eigenvalue weighted by molar-refractivity contribution is 6.23. The summed E-state index contributed by atoms with van der Waals surface area (Å²) in [6.45, 7) is 5.91. The molecule has 0 radical (unpaired) electrons. The van der Waals surface area contributed by atoms with E-state index in [1.165, 1.54) is 4.90 Å². The summed E-state index contributed by atoms with van der Waals surface area (Å²) >= 11 is 0. The molecule has 4 heteroatoms. The maximum absolute atomic E-state index is 12.7. The van der Waals surface area contributed by atoms with Gasteiger partial charge in [-0.2, -0.15) is 0 Å². The average molecular weight is 308 g/mol. The number of aryl methyl sites for hydroxylation is 3. The molecule has 0 saturated carbocycles. The molecule has 1 atom stereocenters. The Labute approximate surface area is 136 Å². The van der Waals surface area contributed by atoms with Crippen molar-refractivity contribution in [2.24, 2.45) is 0 Å². The molecule has 1 heterocycles. The van der Waals surface area contributed by atoms with Gasteiger partial charge in [-0.25, -0.2) is 4.90 Å². The summed E-state index contributed by atoms with van der Waals surface area (Å²) in [5.41, 5.74) is 4.69. The summed E-state index contributed by atoms with van der Waals surface area (Å²) in [5.74, 6) is -0.351. The van der Waals surface area contributed by atoms with Gasteiger partial charge in [-0.1, -0.05) is 29.8 Å². The van der Waals surface area contributed by atoms with Crippen LogP contribution in [0.2, 0.25) is 0 Å². The first kappa shape index (κ1) is 15.3. The van der Waals surface area contributed by atoms with E-state index in [2.05, 4.69) is 5.32 Å². The van der Waals surface area contributed by atoms with Crippen molar-refractivity contribution in [3.8, 4) is 0 Å². The first-order chi connectivity index (χ1) is 11.0. The van der Waals surface area contributed by atoms with E-state index in [0.29, 0.717) is 5.69 Å². The van der Waals surface area contributed by atoms with Crippen LogP contribution in [0.5, 0.6) is 0 Å². The number of carbonyl (C=O) groups is 2. The third kappa shape index (κ3) is 2.97. The third-order valence-corrected chi connectivity index (χ3v) is 4.10. The van der Waals surface area contributed by atoms with Crippen molar-refractivity contribution < 1.29 is 9.59 Å². The molecule has 2 aromatic carbocycles. The Morgan fingerprint density at radius 3 is 2.43 bits per heavy atom. The molecular weight excluding hydrogens is 288 g/mol. The molecule has 1 saturated heterocycles. The molecule has 2 amide bonds. The van der Waals surface area contributed by atoms with Crippen molar-refractivity contribution in [2.75, 3.05) is 10.2 Å². The summed E-state index contributed by atoms with van der Waals surface area (Å²) in [7, 11) is 0. The van der Waals surface area contributed by atoms with Crippen LogP contribution in [0.15, 0.2) is 42.5 Å². The van der Waals surface area contributed by atoms with E-state index < -0.39 is 6.04 Å². The Kier molecular flexibility index (Phi) is 3.90. The monoisotopic (exact) mass is 308 g/mol. The van der Waals surface area contributed by atoms with Crippen LogP contribution in [0, 0.1) is 20.8 Å². The van der Waals surface area contributed by atoms with Crippen molar-refractivity contribution in [2.45, 2.75) is 33.2 Å². The van der Waals surface area contributed by atoms with Gasteiger partial charge >= 0.3 is 0 Å². The van der Waals surface area contributed by atoms with Crippen LogP contribution in [0.25, 0.3) is 0 Å². The van der Waals surface area contributed by atoms with E-state index in [1.54, 1.807) is 0 Å². The zero-order chi connectivity index (χ0) is 16.6. The number of amides is 2. The maximum atomic E-state index is 12.7. The lowest BCUT2D eigenvalue weighted by Gasteiger charge is -2.18. The van der Waals surface area contributed by atoms with Gasteiger partial charge in [-0.3, -0.25) is 9.59 Å². The smallest absolute Gasteiger partial charge is 0.256 e. The molecule has 0 spiro atoms. The predicted octanol–water partition coefficient (Wildman–Crippen LogP) is 3.36. The van der Waals surface area contributed by atoms with E-state index in [-0.39, 0.29) is 18.2 Å². The third-order valence-electron chi connectivity index (χ3n) is 4.10.